The van der Waals surface area contributed by atoms with Gasteiger partial charge in [-0.2, -0.15) is 0 Å². The second kappa shape index (κ2) is 5.80. The molecule has 0 radical (unpaired) electrons. The zero-order valence-corrected chi connectivity index (χ0v) is 14.0. The Hall–Kier alpha value is -2.17. The fraction of sp³-hybridized carbons (Fsp3) is 0.500. The smallest absolute Gasteiger partial charge is 0.234 e. The molecule has 1 fully saturated rings. The number of benzene rings is 1. The fourth-order valence-electron chi connectivity index (χ4n) is 3.12. The van der Waals surface area contributed by atoms with Crippen molar-refractivity contribution in [2.24, 2.45) is 5.41 Å². The van der Waals surface area contributed by atoms with E-state index in [-0.39, 0.29) is 17.2 Å². The first kappa shape index (κ1) is 15.7. The number of amides is 2. The van der Waals surface area contributed by atoms with Gasteiger partial charge in [-0.15, -0.1) is 0 Å². The third kappa shape index (κ3) is 3.14. The monoisotopic (exact) mass is 313 g/mol. The molecule has 0 atom stereocenters. The number of H-pyrrole nitrogens is 1. The Morgan fingerprint density at radius 1 is 1.22 bits per heavy atom. The first-order valence-electron chi connectivity index (χ1n) is 8.24. The lowest BCUT2D eigenvalue weighted by Gasteiger charge is -2.34. The Labute approximate surface area is 136 Å². The second-order valence-electron chi connectivity index (χ2n) is 7.13. The van der Waals surface area contributed by atoms with E-state index in [2.05, 4.69) is 16.9 Å². The van der Waals surface area contributed by atoms with E-state index in [9.17, 15) is 9.59 Å². The van der Waals surface area contributed by atoms with E-state index < -0.39 is 0 Å². The minimum absolute atomic E-state index is 0.132. The molecule has 2 amide bonds. The van der Waals surface area contributed by atoms with E-state index in [0.717, 1.165) is 36.1 Å². The molecule has 0 bridgehead atoms. The van der Waals surface area contributed by atoms with E-state index in [1.54, 1.807) is 0 Å². The van der Waals surface area contributed by atoms with Crippen LogP contribution in [0.2, 0.25) is 0 Å². The second-order valence-corrected chi connectivity index (χ2v) is 7.13. The Kier molecular flexibility index (Phi) is 3.96. The summed E-state index contributed by atoms with van der Waals surface area (Å²) in [6.45, 7) is 6.06. The summed E-state index contributed by atoms with van der Waals surface area (Å²) in [4.78, 5) is 33.9. The van der Waals surface area contributed by atoms with E-state index in [1.807, 2.05) is 32.0 Å². The molecule has 5 heteroatoms. The van der Waals surface area contributed by atoms with Gasteiger partial charge in [0.15, 0.2) is 0 Å². The Morgan fingerprint density at radius 2 is 1.91 bits per heavy atom. The summed E-state index contributed by atoms with van der Waals surface area (Å²) in [7, 11) is 0. The lowest BCUT2D eigenvalue weighted by atomic mass is 9.81. The fourth-order valence-corrected chi connectivity index (χ4v) is 3.12. The number of hydrogen-bond donors (Lipinski definition) is 1. The lowest BCUT2D eigenvalue weighted by molar-refractivity contribution is -0.132. The molecule has 1 aliphatic heterocycles. The molecule has 1 aromatic heterocycles. The highest BCUT2D eigenvalue weighted by Gasteiger charge is 2.38. The van der Waals surface area contributed by atoms with Crippen molar-refractivity contribution in [2.75, 3.05) is 4.90 Å². The molecule has 0 spiro atoms. The van der Waals surface area contributed by atoms with Crippen LogP contribution in [0.25, 0.3) is 11.0 Å². The number of hydrogen-bond acceptors (Lipinski definition) is 3. The molecule has 5 nitrogen and oxygen atoms in total. The first-order valence-corrected chi connectivity index (χ1v) is 8.24. The van der Waals surface area contributed by atoms with Crippen LogP contribution in [0.1, 0.15) is 52.3 Å². The van der Waals surface area contributed by atoms with Crippen LogP contribution >= 0.6 is 0 Å². The summed E-state index contributed by atoms with van der Waals surface area (Å²) in [6.07, 6.45) is 3.90. The average Bonchev–Trinajstić information content (AvgIpc) is 2.85. The van der Waals surface area contributed by atoms with Crippen LogP contribution in [0, 0.1) is 5.41 Å². The highest BCUT2D eigenvalue weighted by atomic mass is 16.2. The number of carbonyl (C=O) groups excluding carboxylic acids is 2. The summed E-state index contributed by atoms with van der Waals surface area (Å²) in [5.74, 6) is 0.691. The largest absolute Gasteiger partial charge is 0.342 e. The SMILES string of the molecule is CCCCc1nc2cc(N3C(=O)CC(C)(C)CC3=O)ccc2[nH]1. The van der Waals surface area contributed by atoms with Gasteiger partial charge in [-0.3, -0.25) is 14.5 Å². The van der Waals surface area contributed by atoms with Gasteiger partial charge < -0.3 is 4.98 Å². The molecule has 3 rings (SSSR count). The van der Waals surface area contributed by atoms with Crippen molar-refractivity contribution in [3.63, 3.8) is 0 Å². The number of imide groups is 1. The number of nitrogens with one attached hydrogen (secondary N) is 1. The molecule has 1 N–H and O–H groups in total. The van der Waals surface area contributed by atoms with Crippen LogP contribution in [0.4, 0.5) is 5.69 Å². The predicted molar refractivity (Wildman–Crippen MR) is 90.2 cm³/mol. The van der Waals surface area contributed by atoms with E-state index >= 15 is 0 Å². The number of rotatable bonds is 4. The first-order chi connectivity index (χ1) is 10.9. The molecular weight excluding hydrogens is 290 g/mol. The van der Waals surface area contributed by atoms with Crippen LogP contribution in [0.5, 0.6) is 0 Å². The lowest BCUT2D eigenvalue weighted by Crippen LogP contribution is -2.46. The molecular formula is C18H23N3O2. The van der Waals surface area contributed by atoms with E-state index in [4.69, 9.17) is 0 Å². The number of fused-ring (bicyclic) bond motifs is 1. The number of imidazole rings is 1. The van der Waals surface area contributed by atoms with Crippen molar-refractivity contribution >= 4 is 28.5 Å². The van der Waals surface area contributed by atoms with Crippen molar-refractivity contribution in [1.82, 2.24) is 9.97 Å². The summed E-state index contributed by atoms with van der Waals surface area (Å²) in [5, 5.41) is 0. The molecule has 23 heavy (non-hydrogen) atoms. The molecule has 0 unspecified atom stereocenters. The maximum atomic E-state index is 12.4. The number of aryl methyl sites for hydroxylation is 1. The summed E-state index contributed by atoms with van der Waals surface area (Å²) in [5.41, 5.74) is 2.11. The highest BCUT2D eigenvalue weighted by Crippen LogP contribution is 2.34. The van der Waals surface area contributed by atoms with Crippen LogP contribution in [-0.2, 0) is 16.0 Å². The van der Waals surface area contributed by atoms with Crippen LogP contribution < -0.4 is 4.90 Å². The molecule has 0 saturated carbocycles. The maximum Gasteiger partial charge on any atom is 0.234 e. The Bertz CT molecular complexity index is 741. The van der Waals surface area contributed by atoms with Crippen molar-refractivity contribution in [3.8, 4) is 0 Å². The highest BCUT2D eigenvalue weighted by molar-refractivity contribution is 6.17. The summed E-state index contributed by atoms with van der Waals surface area (Å²) in [6, 6.07) is 5.54. The minimum Gasteiger partial charge on any atom is -0.342 e. The van der Waals surface area contributed by atoms with Crippen LogP contribution in [0.3, 0.4) is 0 Å². The van der Waals surface area contributed by atoms with Gasteiger partial charge in [0.1, 0.15) is 5.82 Å². The van der Waals surface area contributed by atoms with Crippen LogP contribution in [0.15, 0.2) is 18.2 Å². The summed E-state index contributed by atoms with van der Waals surface area (Å²) >= 11 is 0. The minimum atomic E-state index is -0.256. The van der Waals surface area contributed by atoms with Crippen LogP contribution in [-0.4, -0.2) is 21.8 Å². The summed E-state index contributed by atoms with van der Waals surface area (Å²) < 4.78 is 0. The normalized spacial score (nSPS) is 18.0. The van der Waals surface area contributed by atoms with E-state index in [1.165, 1.54) is 4.90 Å². The van der Waals surface area contributed by atoms with Gasteiger partial charge in [-0.05, 0) is 30.0 Å². The van der Waals surface area contributed by atoms with E-state index in [0.29, 0.717) is 18.5 Å². The number of aromatic nitrogens is 2. The maximum absolute atomic E-state index is 12.4. The molecule has 1 saturated heterocycles. The van der Waals surface area contributed by atoms with Gasteiger partial charge in [0.05, 0.1) is 16.7 Å². The number of carbonyl (C=O) groups is 2. The zero-order valence-electron chi connectivity index (χ0n) is 14.0. The predicted octanol–water partition coefficient (Wildman–Crippen LogP) is 3.59. The molecule has 1 aromatic carbocycles. The molecule has 0 aliphatic carbocycles. The van der Waals surface area contributed by atoms with Crippen molar-refractivity contribution in [2.45, 2.75) is 52.9 Å². The molecule has 1 aliphatic rings. The number of unbranched alkanes of at least 4 members (excludes halogenated alkanes) is 1. The number of anilines is 1. The number of nitrogens with zero attached hydrogens (tertiary/aromatic N) is 2. The number of aromatic amines is 1. The van der Waals surface area contributed by atoms with Gasteiger partial charge in [-0.25, -0.2) is 4.98 Å². The van der Waals surface area contributed by atoms with Gasteiger partial charge in [0.25, 0.3) is 0 Å². The van der Waals surface area contributed by atoms with Crippen molar-refractivity contribution < 1.29 is 9.59 Å². The van der Waals surface area contributed by atoms with Gasteiger partial charge in [0, 0.05) is 19.3 Å². The molecule has 2 aromatic rings. The van der Waals surface area contributed by atoms with Crippen molar-refractivity contribution in [3.05, 3.63) is 24.0 Å². The molecule has 122 valence electrons. The average molecular weight is 313 g/mol. The van der Waals surface area contributed by atoms with Gasteiger partial charge in [0.2, 0.25) is 11.8 Å². The molecule has 2 heterocycles. The zero-order chi connectivity index (χ0) is 16.6. The van der Waals surface area contributed by atoms with Gasteiger partial charge in [-0.1, -0.05) is 27.2 Å². The standard InChI is InChI=1S/C18H23N3O2/c1-4-5-6-15-19-13-8-7-12(9-14(13)20-15)21-16(22)10-18(2,3)11-17(21)23/h7-9H,4-6,10-11H2,1-3H3,(H,19,20). The Balaban J connectivity index is 1.91. The third-order valence-electron chi connectivity index (χ3n) is 4.30. The quantitative estimate of drug-likeness (QED) is 0.877. The van der Waals surface area contributed by atoms with Crippen molar-refractivity contribution in [1.29, 1.82) is 0 Å². The number of piperidine rings is 1. The van der Waals surface area contributed by atoms with Gasteiger partial charge >= 0.3 is 0 Å². The topological polar surface area (TPSA) is 66.1 Å². The Morgan fingerprint density at radius 3 is 2.57 bits per heavy atom. The third-order valence-corrected chi connectivity index (χ3v) is 4.30.